The van der Waals surface area contributed by atoms with Crippen LogP contribution in [0.5, 0.6) is 0 Å². The van der Waals surface area contributed by atoms with Gasteiger partial charge in [0, 0.05) is 13.7 Å². The lowest BCUT2D eigenvalue weighted by molar-refractivity contribution is -0.118. The van der Waals surface area contributed by atoms with E-state index in [1.807, 2.05) is 0 Å². The first kappa shape index (κ1) is 11.9. The number of anilines is 1. The highest BCUT2D eigenvalue weighted by Crippen LogP contribution is 2.12. The van der Waals surface area contributed by atoms with Crippen LogP contribution in [0.3, 0.4) is 0 Å². The first-order valence-electron chi connectivity index (χ1n) is 5.37. The number of halogens is 1. The summed E-state index contributed by atoms with van der Waals surface area (Å²) in [6.45, 7) is 0.663. The molecule has 1 saturated heterocycles. The van der Waals surface area contributed by atoms with E-state index < -0.39 is 5.95 Å². The SMILES string of the molecule is CO[C@H]1CN[C@H](C(=O)Nc2ccc(F)nc2)C1. The average Bonchev–Trinajstić information content (AvgIpc) is 2.81. The Labute approximate surface area is 98.4 Å². The van der Waals surface area contributed by atoms with Crippen LogP contribution in [0.4, 0.5) is 10.1 Å². The Morgan fingerprint density at radius 2 is 2.47 bits per heavy atom. The molecule has 2 rings (SSSR count). The van der Waals surface area contributed by atoms with Crippen LogP contribution in [0.1, 0.15) is 6.42 Å². The van der Waals surface area contributed by atoms with Crippen molar-refractivity contribution in [2.45, 2.75) is 18.6 Å². The summed E-state index contributed by atoms with van der Waals surface area (Å²) in [5.74, 6) is -0.723. The van der Waals surface area contributed by atoms with E-state index in [9.17, 15) is 9.18 Å². The van der Waals surface area contributed by atoms with Crippen LogP contribution in [0.15, 0.2) is 18.3 Å². The normalized spacial score (nSPS) is 23.6. The van der Waals surface area contributed by atoms with Gasteiger partial charge in [0.1, 0.15) is 0 Å². The highest BCUT2D eigenvalue weighted by atomic mass is 19.1. The third-order valence-electron chi connectivity index (χ3n) is 2.74. The van der Waals surface area contributed by atoms with E-state index in [0.717, 1.165) is 0 Å². The molecule has 5 nitrogen and oxygen atoms in total. The van der Waals surface area contributed by atoms with Crippen LogP contribution in [0, 0.1) is 5.95 Å². The van der Waals surface area contributed by atoms with Crippen molar-refractivity contribution in [2.24, 2.45) is 0 Å². The third-order valence-corrected chi connectivity index (χ3v) is 2.74. The van der Waals surface area contributed by atoms with Gasteiger partial charge < -0.3 is 15.4 Å². The van der Waals surface area contributed by atoms with Gasteiger partial charge in [0.25, 0.3) is 0 Å². The van der Waals surface area contributed by atoms with Crippen molar-refractivity contribution >= 4 is 11.6 Å². The van der Waals surface area contributed by atoms with E-state index in [2.05, 4.69) is 15.6 Å². The van der Waals surface area contributed by atoms with Gasteiger partial charge in [-0.1, -0.05) is 0 Å². The Hall–Kier alpha value is -1.53. The highest BCUT2D eigenvalue weighted by molar-refractivity contribution is 5.94. The second-order valence-electron chi connectivity index (χ2n) is 3.91. The molecular weight excluding hydrogens is 225 g/mol. The van der Waals surface area contributed by atoms with Crippen LogP contribution in [0.2, 0.25) is 0 Å². The number of amides is 1. The van der Waals surface area contributed by atoms with Gasteiger partial charge in [0.2, 0.25) is 11.9 Å². The number of methoxy groups -OCH3 is 1. The molecule has 1 aromatic rings. The molecule has 92 valence electrons. The van der Waals surface area contributed by atoms with Gasteiger partial charge in [0.05, 0.1) is 24.0 Å². The zero-order valence-corrected chi connectivity index (χ0v) is 9.44. The van der Waals surface area contributed by atoms with Crippen molar-refractivity contribution in [1.29, 1.82) is 0 Å². The van der Waals surface area contributed by atoms with Gasteiger partial charge in [-0.05, 0) is 18.6 Å². The molecule has 0 spiro atoms. The maximum absolute atomic E-state index is 12.6. The molecule has 0 saturated carbocycles. The van der Waals surface area contributed by atoms with Crippen LogP contribution in [-0.2, 0) is 9.53 Å². The number of rotatable bonds is 3. The van der Waals surface area contributed by atoms with Crippen molar-refractivity contribution < 1.29 is 13.9 Å². The van der Waals surface area contributed by atoms with E-state index in [4.69, 9.17) is 4.74 Å². The van der Waals surface area contributed by atoms with Gasteiger partial charge in [-0.25, -0.2) is 4.98 Å². The molecule has 1 aromatic heterocycles. The maximum atomic E-state index is 12.6. The van der Waals surface area contributed by atoms with Gasteiger partial charge in [-0.15, -0.1) is 0 Å². The number of aromatic nitrogens is 1. The molecule has 2 N–H and O–H groups in total. The molecule has 0 bridgehead atoms. The minimum absolute atomic E-state index is 0.0668. The Morgan fingerprint density at radius 1 is 1.65 bits per heavy atom. The van der Waals surface area contributed by atoms with Crippen molar-refractivity contribution in [3.05, 3.63) is 24.3 Å². The van der Waals surface area contributed by atoms with Gasteiger partial charge >= 0.3 is 0 Å². The Bertz CT molecular complexity index is 396. The number of pyridine rings is 1. The second kappa shape index (κ2) is 5.20. The molecule has 17 heavy (non-hydrogen) atoms. The quantitative estimate of drug-likeness (QED) is 0.755. The highest BCUT2D eigenvalue weighted by Gasteiger charge is 2.29. The summed E-state index contributed by atoms with van der Waals surface area (Å²) in [4.78, 5) is 15.3. The number of carbonyl (C=O) groups excluding carboxylic acids is 1. The molecule has 0 radical (unpaired) electrons. The Kier molecular flexibility index (Phi) is 3.65. The summed E-state index contributed by atoms with van der Waals surface area (Å²) in [6, 6.07) is 2.41. The monoisotopic (exact) mass is 239 g/mol. The first-order valence-corrected chi connectivity index (χ1v) is 5.37. The lowest BCUT2D eigenvalue weighted by Gasteiger charge is -2.10. The van der Waals surface area contributed by atoms with E-state index in [1.165, 1.54) is 18.3 Å². The largest absolute Gasteiger partial charge is 0.380 e. The summed E-state index contributed by atoms with van der Waals surface area (Å²) in [5.41, 5.74) is 0.485. The smallest absolute Gasteiger partial charge is 0.241 e. The fourth-order valence-corrected chi connectivity index (χ4v) is 1.76. The predicted molar refractivity (Wildman–Crippen MR) is 60.0 cm³/mol. The summed E-state index contributed by atoms with van der Waals surface area (Å²) < 4.78 is 17.7. The lowest BCUT2D eigenvalue weighted by Crippen LogP contribution is -2.35. The summed E-state index contributed by atoms with van der Waals surface area (Å²) >= 11 is 0. The molecule has 1 aliphatic rings. The van der Waals surface area contributed by atoms with Gasteiger partial charge in [-0.3, -0.25) is 4.79 Å². The zero-order chi connectivity index (χ0) is 12.3. The summed E-state index contributed by atoms with van der Waals surface area (Å²) in [5, 5.41) is 5.73. The average molecular weight is 239 g/mol. The van der Waals surface area contributed by atoms with Crippen LogP contribution < -0.4 is 10.6 Å². The fraction of sp³-hybridized carbons (Fsp3) is 0.455. The summed E-state index contributed by atoms with van der Waals surface area (Å²) in [7, 11) is 1.62. The molecular formula is C11H14FN3O2. The van der Waals surface area contributed by atoms with Crippen molar-refractivity contribution in [3.8, 4) is 0 Å². The molecule has 0 aromatic carbocycles. The van der Waals surface area contributed by atoms with Crippen molar-refractivity contribution in [3.63, 3.8) is 0 Å². The number of hydrogen-bond acceptors (Lipinski definition) is 4. The van der Waals surface area contributed by atoms with Crippen LogP contribution >= 0.6 is 0 Å². The van der Waals surface area contributed by atoms with Crippen LogP contribution in [-0.4, -0.2) is 36.7 Å². The molecule has 6 heteroatoms. The topological polar surface area (TPSA) is 63.2 Å². The van der Waals surface area contributed by atoms with Crippen molar-refractivity contribution in [2.75, 3.05) is 19.0 Å². The molecule has 0 unspecified atom stereocenters. The van der Waals surface area contributed by atoms with Gasteiger partial charge in [0.15, 0.2) is 0 Å². The van der Waals surface area contributed by atoms with E-state index in [1.54, 1.807) is 7.11 Å². The molecule has 1 amide bonds. The van der Waals surface area contributed by atoms with E-state index >= 15 is 0 Å². The predicted octanol–water partition coefficient (Wildman–Crippen LogP) is 0.536. The molecule has 0 aliphatic carbocycles. The minimum atomic E-state index is -0.568. The molecule has 2 heterocycles. The van der Waals surface area contributed by atoms with Gasteiger partial charge in [-0.2, -0.15) is 4.39 Å². The third kappa shape index (κ3) is 2.98. The number of hydrogen-bond donors (Lipinski definition) is 2. The lowest BCUT2D eigenvalue weighted by atomic mass is 10.2. The fourth-order valence-electron chi connectivity index (χ4n) is 1.76. The number of nitrogens with one attached hydrogen (secondary N) is 2. The zero-order valence-electron chi connectivity index (χ0n) is 9.44. The summed E-state index contributed by atoms with van der Waals surface area (Å²) in [6.07, 6.45) is 1.99. The number of carbonyl (C=O) groups is 1. The Morgan fingerprint density at radius 3 is 3.06 bits per heavy atom. The number of ether oxygens (including phenoxy) is 1. The molecule has 1 aliphatic heterocycles. The van der Waals surface area contributed by atoms with Crippen molar-refractivity contribution in [1.82, 2.24) is 10.3 Å². The van der Waals surface area contributed by atoms with Crippen LogP contribution in [0.25, 0.3) is 0 Å². The standard InChI is InChI=1S/C11H14FN3O2/c1-17-8-4-9(13-6-8)11(16)15-7-2-3-10(12)14-5-7/h2-3,5,8-9,13H,4,6H2,1H3,(H,15,16)/t8-,9+/m1/s1. The molecule has 1 fully saturated rings. The Balaban J connectivity index is 1.91. The first-order chi connectivity index (χ1) is 8.19. The molecule has 2 atom stereocenters. The maximum Gasteiger partial charge on any atom is 0.241 e. The van der Waals surface area contributed by atoms with E-state index in [-0.39, 0.29) is 18.1 Å². The minimum Gasteiger partial charge on any atom is -0.380 e. The van der Waals surface area contributed by atoms with E-state index in [0.29, 0.717) is 18.7 Å². The number of nitrogens with zero attached hydrogens (tertiary/aromatic N) is 1. The second-order valence-corrected chi connectivity index (χ2v) is 3.91.